The van der Waals surface area contributed by atoms with Crippen molar-refractivity contribution in [3.05, 3.63) is 28.8 Å². The van der Waals surface area contributed by atoms with Crippen molar-refractivity contribution in [2.45, 2.75) is 37.3 Å². The highest BCUT2D eigenvalue weighted by Gasteiger charge is 2.32. The van der Waals surface area contributed by atoms with Gasteiger partial charge in [-0.05, 0) is 24.6 Å². The number of benzene rings is 1. The Bertz CT molecular complexity index is 558. The van der Waals surface area contributed by atoms with E-state index in [1.807, 2.05) is 6.92 Å². The molecule has 0 fully saturated rings. The molecule has 0 bridgehead atoms. The largest absolute Gasteiger partial charge is 0.416 e. The molecule has 0 heterocycles. The van der Waals surface area contributed by atoms with Gasteiger partial charge in [-0.2, -0.15) is 13.2 Å². The number of hydrogen-bond donors (Lipinski definition) is 1. The van der Waals surface area contributed by atoms with E-state index in [1.54, 1.807) is 0 Å². The molecule has 0 radical (unpaired) electrons. The van der Waals surface area contributed by atoms with E-state index in [-0.39, 0.29) is 11.4 Å². The zero-order valence-corrected chi connectivity index (χ0v) is 12.4. The first-order valence-corrected chi connectivity index (χ1v) is 7.91. The Morgan fingerprint density at radius 2 is 1.90 bits per heavy atom. The molecule has 0 aromatic heterocycles. The van der Waals surface area contributed by atoms with Crippen molar-refractivity contribution in [1.29, 1.82) is 0 Å². The van der Waals surface area contributed by atoms with Gasteiger partial charge in [0.25, 0.3) is 0 Å². The summed E-state index contributed by atoms with van der Waals surface area (Å²) in [6.45, 7) is 2.20. The van der Waals surface area contributed by atoms with Crippen LogP contribution in [-0.4, -0.2) is 15.0 Å². The molecule has 20 heavy (non-hydrogen) atoms. The first-order valence-electron chi connectivity index (χ1n) is 6.05. The summed E-state index contributed by atoms with van der Waals surface area (Å²) < 4.78 is 63.5. The molecule has 8 heteroatoms. The summed E-state index contributed by atoms with van der Waals surface area (Å²) in [4.78, 5) is -0.344. The van der Waals surface area contributed by atoms with Crippen molar-refractivity contribution >= 4 is 21.6 Å². The maximum Gasteiger partial charge on any atom is 0.416 e. The number of halogens is 4. The zero-order valence-electron chi connectivity index (χ0n) is 10.8. The van der Waals surface area contributed by atoms with Crippen molar-refractivity contribution < 1.29 is 21.6 Å². The Morgan fingerprint density at radius 1 is 1.25 bits per heavy atom. The van der Waals surface area contributed by atoms with Crippen LogP contribution in [0.25, 0.3) is 0 Å². The minimum atomic E-state index is -4.56. The predicted molar refractivity (Wildman–Crippen MR) is 71.2 cm³/mol. The van der Waals surface area contributed by atoms with Gasteiger partial charge in [-0.25, -0.2) is 13.1 Å². The molecule has 0 aliphatic rings. The van der Waals surface area contributed by atoms with E-state index in [2.05, 4.69) is 4.72 Å². The molecule has 1 N–H and O–H groups in total. The van der Waals surface area contributed by atoms with Crippen LogP contribution in [0.1, 0.15) is 31.7 Å². The molecule has 0 atom stereocenters. The fourth-order valence-corrected chi connectivity index (χ4v) is 3.17. The van der Waals surface area contributed by atoms with Crippen LogP contribution in [0.3, 0.4) is 0 Å². The quantitative estimate of drug-likeness (QED) is 0.806. The van der Waals surface area contributed by atoms with Gasteiger partial charge in [-0.3, -0.25) is 0 Å². The summed E-state index contributed by atoms with van der Waals surface area (Å²) in [6, 6.07) is 2.18. The molecule has 1 aromatic rings. The second-order valence-electron chi connectivity index (χ2n) is 4.25. The maximum absolute atomic E-state index is 12.5. The molecule has 1 aromatic carbocycles. The lowest BCUT2D eigenvalue weighted by Crippen LogP contribution is -2.25. The SMILES string of the molecule is CCCCCNS(=O)(=O)c1ccc(C(F)(F)F)cc1Cl. The van der Waals surface area contributed by atoms with Crippen molar-refractivity contribution in [2.24, 2.45) is 0 Å². The fourth-order valence-electron chi connectivity index (χ4n) is 1.55. The third kappa shape index (κ3) is 4.64. The molecule has 0 saturated carbocycles. The van der Waals surface area contributed by atoms with E-state index in [4.69, 9.17) is 11.6 Å². The lowest BCUT2D eigenvalue weighted by atomic mass is 10.2. The summed E-state index contributed by atoms with van der Waals surface area (Å²) >= 11 is 5.64. The molecule has 0 unspecified atom stereocenters. The first kappa shape index (κ1) is 17.3. The Kier molecular flexibility index (Phi) is 5.85. The molecule has 1 rings (SSSR count). The van der Waals surface area contributed by atoms with E-state index in [0.717, 1.165) is 18.9 Å². The van der Waals surface area contributed by atoms with Crippen LogP contribution >= 0.6 is 11.6 Å². The first-order chi connectivity index (χ1) is 9.18. The highest BCUT2D eigenvalue weighted by Crippen LogP contribution is 2.33. The van der Waals surface area contributed by atoms with Crippen LogP contribution in [0, 0.1) is 0 Å². The molecule has 0 aliphatic carbocycles. The van der Waals surface area contributed by atoms with Crippen LogP contribution in [0.2, 0.25) is 5.02 Å². The average molecular weight is 330 g/mol. The number of hydrogen-bond acceptors (Lipinski definition) is 2. The molecule has 0 spiro atoms. The maximum atomic E-state index is 12.5. The van der Waals surface area contributed by atoms with Gasteiger partial charge in [0.05, 0.1) is 10.6 Å². The summed E-state index contributed by atoms with van der Waals surface area (Å²) in [7, 11) is -3.88. The number of nitrogens with one attached hydrogen (secondary N) is 1. The fraction of sp³-hybridized carbons (Fsp3) is 0.500. The second-order valence-corrected chi connectivity index (χ2v) is 6.39. The van der Waals surface area contributed by atoms with E-state index in [0.29, 0.717) is 18.6 Å². The topological polar surface area (TPSA) is 46.2 Å². The monoisotopic (exact) mass is 329 g/mol. The number of sulfonamides is 1. The molecule has 0 saturated heterocycles. The van der Waals surface area contributed by atoms with Gasteiger partial charge >= 0.3 is 6.18 Å². The summed E-state index contributed by atoms with van der Waals surface area (Å²) in [5, 5.41) is -0.442. The number of rotatable bonds is 6. The summed E-state index contributed by atoms with van der Waals surface area (Å²) in [5.74, 6) is 0. The number of alkyl halides is 3. The van der Waals surface area contributed by atoms with Crippen LogP contribution in [0.5, 0.6) is 0 Å². The third-order valence-electron chi connectivity index (χ3n) is 2.62. The van der Waals surface area contributed by atoms with Crippen LogP contribution in [-0.2, 0) is 16.2 Å². The van der Waals surface area contributed by atoms with Gasteiger partial charge in [-0.15, -0.1) is 0 Å². The van der Waals surface area contributed by atoms with Gasteiger partial charge in [-0.1, -0.05) is 31.4 Å². The number of unbranched alkanes of at least 4 members (excludes halogenated alkanes) is 2. The zero-order chi connectivity index (χ0) is 15.4. The van der Waals surface area contributed by atoms with E-state index >= 15 is 0 Å². The Labute approximate surface area is 121 Å². The third-order valence-corrected chi connectivity index (χ3v) is 4.57. The molecule has 0 aliphatic heterocycles. The molecule has 114 valence electrons. The minimum Gasteiger partial charge on any atom is -0.211 e. The summed E-state index contributed by atoms with van der Waals surface area (Å²) in [6.07, 6.45) is -2.10. The lowest BCUT2D eigenvalue weighted by molar-refractivity contribution is -0.137. The highest BCUT2D eigenvalue weighted by atomic mass is 35.5. The minimum absolute atomic E-state index is 0.230. The average Bonchev–Trinajstić information content (AvgIpc) is 2.33. The van der Waals surface area contributed by atoms with Gasteiger partial charge < -0.3 is 0 Å². The van der Waals surface area contributed by atoms with E-state index in [1.165, 1.54) is 0 Å². The van der Waals surface area contributed by atoms with Crippen LogP contribution in [0.15, 0.2) is 23.1 Å². The van der Waals surface area contributed by atoms with Crippen molar-refractivity contribution in [1.82, 2.24) is 4.72 Å². The Morgan fingerprint density at radius 3 is 2.40 bits per heavy atom. The van der Waals surface area contributed by atoms with Gasteiger partial charge in [0.1, 0.15) is 4.90 Å². The Hall–Kier alpha value is -0.790. The van der Waals surface area contributed by atoms with Crippen molar-refractivity contribution in [2.75, 3.05) is 6.54 Å². The standard InChI is InChI=1S/C12H15ClF3NO2S/c1-2-3-4-7-17-20(18,19)11-6-5-9(8-10(11)13)12(14,15)16/h5-6,8,17H,2-4,7H2,1H3. The Balaban J connectivity index is 2.91. The van der Waals surface area contributed by atoms with Crippen LogP contribution < -0.4 is 4.72 Å². The summed E-state index contributed by atoms with van der Waals surface area (Å²) in [5.41, 5.74) is -0.979. The molecular formula is C12H15ClF3NO2S. The van der Waals surface area contributed by atoms with Gasteiger partial charge in [0, 0.05) is 6.54 Å². The van der Waals surface area contributed by atoms with E-state index in [9.17, 15) is 21.6 Å². The van der Waals surface area contributed by atoms with Crippen molar-refractivity contribution in [3.63, 3.8) is 0 Å². The molecule has 3 nitrogen and oxygen atoms in total. The van der Waals surface area contributed by atoms with Gasteiger partial charge in [0.15, 0.2) is 0 Å². The lowest BCUT2D eigenvalue weighted by Gasteiger charge is -2.11. The van der Waals surface area contributed by atoms with Crippen LogP contribution in [0.4, 0.5) is 13.2 Å². The normalized spacial score (nSPS) is 12.7. The highest BCUT2D eigenvalue weighted by molar-refractivity contribution is 7.89. The molecular weight excluding hydrogens is 315 g/mol. The predicted octanol–water partition coefficient (Wildman–Crippen LogP) is 3.83. The second kappa shape index (κ2) is 6.78. The smallest absolute Gasteiger partial charge is 0.211 e. The van der Waals surface area contributed by atoms with Crippen molar-refractivity contribution in [3.8, 4) is 0 Å². The van der Waals surface area contributed by atoms with Gasteiger partial charge in [0.2, 0.25) is 10.0 Å². The molecule has 0 amide bonds. The van der Waals surface area contributed by atoms with E-state index < -0.39 is 26.8 Å².